The molecule has 1 N–H and O–H groups in total. The normalized spacial score (nSPS) is 25.3. The van der Waals surface area contributed by atoms with Crippen molar-refractivity contribution in [1.82, 2.24) is 10.2 Å². The number of halogens is 3. The van der Waals surface area contributed by atoms with E-state index >= 15 is 0 Å². The van der Waals surface area contributed by atoms with Crippen molar-refractivity contribution in [2.75, 3.05) is 13.1 Å². The van der Waals surface area contributed by atoms with Crippen LogP contribution in [0, 0.1) is 5.92 Å². The van der Waals surface area contributed by atoms with E-state index in [2.05, 4.69) is 5.32 Å². The molecule has 1 aliphatic rings. The number of alkyl halides is 3. The molecule has 118 valence electrons. The summed E-state index contributed by atoms with van der Waals surface area (Å²) in [4.78, 5) is 13.8. The zero-order valence-corrected chi connectivity index (χ0v) is 12.5. The molecule has 0 spiro atoms. The molecule has 1 saturated carbocycles. The van der Waals surface area contributed by atoms with E-state index in [0.717, 1.165) is 0 Å². The summed E-state index contributed by atoms with van der Waals surface area (Å²) >= 11 is 0. The van der Waals surface area contributed by atoms with Gasteiger partial charge in [-0.15, -0.1) is 0 Å². The van der Waals surface area contributed by atoms with E-state index in [4.69, 9.17) is 0 Å². The highest BCUT2D eigenvalue weighted by atomic mass is 19.4. The van der Waals surface area contributed by atoms with Gasteiger partial charge in [0.15, 0.2) is 0 Å². The first-order valence-corrected chi connectivity index (χ1v) is 7.41. The molecule has 1 fully saturated rings. The van der Waals surface area contributed by atoms with Crippen LogP contribution in [-0.2, 0) is 4.79 Å². The third-order valence-corrected chi connectivity index (χ3v) is 4.12. The second-order valence-electron chi connectivity index (χ2n) is 5.49. The molecule has 0 heterocycles. The zero-order valence-electron chi connectivity index (χ0n) is 12.5. The third-order valence-electron chi connectivity index (χ3n) is 4.12. The monoisotopic (exact) mass is 294 g/mol. The van der Waals surface area contributed by atoms with Crippen LogP contribution in [-0.4, -0.2) is 42.2 Å². The summed E-state index contributed by atoms with van der Waals surface area (Å²) in [6, 6.07) is -0.314. The minimum atomic E-state index is -4.08. The van der Waals surface area contributed by atoms with E-state index in [0.29, 0.717) is 25.9 Å². The SMILES string of the molecule is CCN(CC)C(=O)C(C)NC1CCC(C(F)(F)F)CC1. The molecule has 3 nitrogen and oxygen atoms in total. The molecule has 1 aliphatic carbocycles. The molecule has 1 amide bonds. The van der Waals surface area contributed by atoms with Crippen LogP contribution in [0.25, 0.3) is 0 Å². The highest BCUT2D eigenvalue weighted by molar-refractivity contribution is 5.81. The third kappa shape index (κ3) is 4.65. The second-order valence-corrected chi connectivity index (χ2v) is 5.49. The van der Waals surface area contributed by atoms with Gasteiger partial charge in [0.2, 0.25) is 5.91 Å². The first-order chi connectivity index (χ1) is 9.29. The van der Waals surface area contributed by atoms with E-state index < -0.39 is 12.1 Å². The van der Waals surface area contributed by atoms with Gasteiger partial charge in [0.1, 0.15) is 0 Å². The highest BCUT2D eigenvalue weighted by Crippen LogP contribution is 2.37. The van der Waals surface area contributed by atoms with Crippen molar-refractivity contribution in [3.63, 3.8) is 0 Å². The minimum Gasteiger partial charge on any atom is -0.342 e. The fourth-order valence-electron chi connectivity index (χ4n) is 2.82. The van der Waals surface area contributed by atoms with E-state index in [9.17, 15) is 18.0 Å². The predicted octanol–water partition coefficient (Wildman–Crippen LogP) is 2.95. The summed E-state index contributed by atoms with van der Waals surface area (Å²) in [7, 11) is 0. The molecule has 20 heavy (non-hydrogen) atoms. The summed E-state index contributed by atoms with van der Waals surface area (Å²) in [6.07, 6.45) is -2.78. The molecule has 1 unspecified atom stereocenters. The zero-order chi connectivity index (χ0) is 15.3. The second kappa shape index (κ2) is 7.29. The highest BCUT2D eigenvalue weighted by Gasteiger charge is 2.41. The Kier molecular flexibility index (Phi) is 6.30. The number of likely N-dealkylation sites (N-methyl/N-ethyl adjacent to an activating group) is 1. The topological polar surface area (TPSA) is 32.3 Å². The van der Waals surface area contributed by atoms with Crippen molar-refractivity contribution < 1.29 is 18.0 Å². The Labute approximate surface area is 118 Å². The maximum atomic E-state index is 12.6. The number of hydrogen-bond acceptors (Lipinski definition) is 2. The molecule has 0 aliphatic heterocycles. The van der Waals surface area contributed by atoms with Gasteiger partial charge in [-0.05, 0) is 46.5 Å². The lowest BCUT2D eigenvalue weighted by Crippen LogP contribution is -2.49. The van der Waals surface area contributed by atoms with Crippen LogP contribution >= 0.6 is 0 Å². The maximum Gasteiger partial charge on any atom is 0.391 e. The fourth-order valence-corrected chi connectivity index (χ4v) is 2.82. The van der Waals surface area contributed by atoms with Crippen LogP contribution in [0.15, 0.2) is 0 Å². The Morgan fingerprint density at radius 3 is 2.10 bits per heavy atom. The van der Waals surface area contributed by atoms with Crippen LogP contribution in [0.2, 0.25) is 0 Å². The van der Waals surface area contributed by atoms with Crippen LogP contribution in [0.5, 0.6) is 0 Å². The lowest BCUT2D eigenvalue weighted by molar-refractivity contribution is -0.183. The Bertz CT molecular complexity index is 308. The molecule has 1 rings (SSSR count). The van der Waals surface area contributed by atoms with Crippen LogP contribution in [0.1, 0.15) is 46.5 Å². The maximum absolute atomic E-state index is 12.6. The van der Waals surface area contributed by atoms with Gasteiger partial charge < -0.3 is 10.2 Å². The van der Waals surface area contributed by atoms with Gasteiger partial charge >= 0.3 is 6.18 Å². The number of amides is 1. The number of carbonyl (C=O) groups is 1. The summed E-state index contributed by atoms with van der Waals surface area (Å²) in [5.41, 5.74) is 0. The standard InChI is InChI=1S/C14H25F3N2O/c1-4-19(5-2)13(20)10(3)18-12-8-6-11(7-9-12)14(15,16)17/h10-12,18H,4-9H2,1-3H3. The van der Waals surface area contributed by atoms with E-state index in [1.54, 1.807) is 11.8 Å². The van der Waals surface area contributed by atoms with Gasteiger partial charge in [-0.25, -0.2) is 0 Å². The van der Waals surface area contributed by atoms with Crippen molar-refractivity contribution in [2.24, 2.45) is 5.92 Å². The van der Waals surface area contributed by atoms with Crippen molar-refractivity contribution in [3.05, 3.63) is 0 Å². The van der Waals surface area contributed by atoms with E-state index in [1.165, 1.54) is 0 Å². The summed E-state index contributed by atoms with van der Waals surface area (Å²) < 4.78 is 37.7. The number of carbonyl (C=O) groups excluding carboxylic acids is 1. The van der Waals surface area contributed by atoms with Crippen molar-refractivity contribution >= 4 is 5.91 Å². The van der Waals surface area contributed by atoms with Gasteiger partial charge in [-0.1, -0.05) is 0 Å². The van der Waals surface area contributed by atoms with Crippen LogP contribution in [0.3, 0.4) is 0 Å². The minimum absolute atomic E-state index is 0.0168. The molecule has 0 aromatic heterocycles. The molecular formula is C14H25F3N2O. The summed E-state index contributed by atoms with van der Waals surface area (Å²) in [5, 5.41) is 3.18. The van der Waals surface area contributed by atoms with Gasteiger partial charge in [-0.2, -0.15) is 13.2 Å². The van der Waals surface area contributed by atoms with Gasteiger partial charge in [0, 0.05) is 19.1 Å². The predicted molar refractivity (Wildman–Crippen MR) is 72.3 cm³/mol. The first-order valence-electron chi connectivity index (χ1n) is 7.41. The van der Waals surface area contributed by atoms with E-state index in [1.807, 2.05) is 13.8 Å². The van der Waals surface area contributed by atoms with Crippen molar-refractivity contribution in [1.29, 1.82) is 0 Å². The number of nitrogens with zero attached hydrogens (tertiary/aromatic N) is 1. The average Bonchev–Trinajstić information content (AvgIpc) is 2.39. The molecule has 1 atom stereocenters. The number of nitrogens with one attached hydrogen (secondary N) is 1. The Hall–Kier alpha value is -0.780. The molecular weight excluding hydrogens is 269 g/mol. The molecule has 0 saturated heterocycles. The Morgan fingerprint density at radius 2 is 1.70 bits per heavy atom. The lowest BCUT2D eigenvalue weighted by atomic mass is 9.85. The summed E-state index contributed by atoms with van der Waals surface area (Å²) in [5.74, 6) is -1.15. The molecule has 0 aromatic carbocycles. The average molecular weight is 294 g/mol. The van der Waals surface area contributed by atoms with Crippen molar-refractivity contribution in [2.45, 2.75) is 64.7 Å². The summed E-state index contributed by atoms with van der Waals surface area (Å²) in [6.45, 7) is 6.94. The van der Waals surface area contributed by atoms with Crippen LogP contribution < -0.4 is 5.32 Å². The molecule has 0 aromatic rings. The first kappa shape index (κ1) is 17.3. The van der Waals surface area contributed by atoms with Crippen molar-refractivity contribution in [3.8, 4) is 0 Å². The van der Waals surface area contributed by atoms with Gasteiger partial charge in [-0.3, -0.25) is 4.79 Å². The molecule has 0 radical (unpaired) electrons. The Morgan fingerprint density at radius 1 is 1.20 bits per heavy atom. The fraction of sp³-hybridized carbons (Fsp3) is 0.929. The smallest absolute Gasteiger partial charge is 0.342 e. The number of hydrogen-bond donors (Lipinski definition) is 1. The van der Waals surface area contributed by atoms with Gasteiger partial charge in [0.05, 0.1) is 12.0 Å². The Balaban J connectivity index is 2.42. The van der Waals surface area contributed by atoms with Crippen LogP contribution in [0.4, 0.5) is 13.2 Å². The molecule has 0 bridgehead atoms. The number of rotatable bonds is 5. The molecule has 6 heteroatoms. The van der Waals surface area contributed by atoms with Gasteiger partial charge in [0.25, 0.3) is 0 Å². The largest absolute Gasteiger partial charge is 0.391 e. The quantitative estimate of drug-likeness (QED) is 0.845. The lowest BCUT2D eigenvalue weighted by Gasteiger charge is -2.33. The van der Waals surface area contributed by atoms with E-state index in [-0.39, 0.29) is 30.8 Å².